The van der Waals surface area contributed by atoms with Crippen LogP contribution in [0.15, 0.2) is 24.3 Å². The van der Waals surface area contributed by atoms with Crippen LogP contribution in [0.3, 0.4) is 0 Å². The summed E-state index contributed by atoms with van der Waals surface area (Å²) in [5.41, 5.74) is 6.09. The van der Waals surface area contributed by atoms with E-state index >= 15 is 0 Å². The van der Waals surface area contributed by atoms with Crippen molar-refractivity contribution >= 4 is 17.8 Å². The van der Waals surface area contributed by atoms with Gasteiger partial charge >= 0.3 is 5.97 Å². The van der Waals surface area contributed by atoms with Crippen LogP contribution >= 0.6 is 0 Å². The number of benzene rings is 1. The molecule has 1 aromatic carbocycles. The highest BCUT2D eigenvalue weighted by Gasteiger charge is 2.35. The van der Waals surface area contributed by atoms with Crippen molar-refractivity contribution in [3.8, 4) is 0 Å². The highest BCUT2D eigenvalue weighted by Crippen LogP contribution is 2.30. The fraction of sp³-hybridized carbons (Fsp3) is 0.438. The third-order valence-corrected chi connectivity index (χ3v) is 4.00. The predicted octanol–water partition coefficient (Wildman–Crippen LogP) is 1.65. The van der Waals surface area contributed by atoms with Gasteiger partial charge in [-0.2, -0.15) is 0 Å². The first-order valence-electron chi connectivity index (χ1n) is 7.38. The minimum Gasteiger partial charge on any atom is -0.481 e. The molecule has 0 aromatic heterocycles. The third kappa shape index (κ3) is 3.84. The van der Waals surface area contributed by atoms with Crippen molar-refractivity contribution < 1.29 is 19.5 Å². The maximum absolute atomic E-state index is 12.1. The van der Waals surface area contributed by atoms with Gasteiger partial charge in [-0.1, -0.05) is 30.5 Å². The number of amides is 2. The number of hydrogen-bond acceptors (Lipinski definition) is 3. The zero-order valence-corrected chi connectivity index (χ0v) is 12.5. The quantitative estimate of drug-likeness (QED) is 0.740. The zero-order valence-electron chi connectivity index (χ0n) is 12.5. The Morgan fingerprint density at radius 1 is 1.09 bits per heavy atom. The summed E-state index contributed by atoms with van der Waals surface area (Å²) < 4.78 is 0. The Balaban J connectivity index is 1.94. The molecule has 3 N–H and O–H groups in total. The van der Waals surface area contributed by atoms with Gasteiger partial charge in [0.15, 0.2) is 0 Å². The summed E-state index contributed by atoms with van der Waals surface area (Å²) in [5, 5.41) is 9.18. The lowest BCUT2D eigenvalue weighted by atomic mass is 9.79. The first-order valence-corrected chi connectivity index (χ1v) is 7.38. The Bertz CT molecular complexity index is 585. The standard InChI is InChI=1S/C16H20N2O4/c1-10-5-4-6-11(9-10)14(19)17-18-15(20)12-7-2-3-8-13(12)16(21)22/h4-6,9,12-13H,2-3,7-8H2,1H3,(H,17,19)(H,18,20)(H,21,22). The van der Waals surface area contributed by atoms with Crippen LogP contribution in [0.25, 0.3) is 0 Å². The first-order chi connectivity index (χ1) is 10.5. The molecule has 1 fully saturated rings. The number of carbonyl (C=O) groups is 3. The molecule has 2 atom stereocenters. The topological polar surface area (TPSA) is 95.5 Å². The van der Waals surface area contributed by atoms with Crippen molar-refractivity contribution in [2.75, 3.05) is 0 Å². The predicted molar refractivity (Wildman–Crippen MR) is 79.9 cm³/mol. The number of aryl methyl sites for hydroxylation is 1. The largest absolute Gasteiger partial charge is 0.481 e. The number of rotatable bonds is 3. The van der Waals surface area contributed by atoms with Gasteiger partial charge in [0, 0.05) is 5.56 Å². The van der Waals surface area contributed by atoms with Gasteiger partial charge in [0.1, 0.15) is 0 Å². The normalized spacial score (nSPS) is 21.0. The Kier molecular flexibility index (Phi) is 5.14. The van der Waals surface area contributed by atoms with Gasteiger partial charge in [-0.05, 0) is 31.9 Å². The fourth-order valence-corrected chi connectivity index (χ4v) is 2.81. The van der Waals surface area contributed by atoms with E-state index in [1.54, 1.807) is 18.2 Å². The van der Waals surface area contributed by atoms with Crippen molar-refractivity contribution in [2.24, 2.45) is 11.8 Å². The molecule has 0 bridgehead atoms. The molecule has 118 valence electrons. The summed E-state index contributed by atoms with van der Waals surface area (Å²) in [6.07, 6.45) is 2.67. The van der Waals surface area contributed by atoms with Crippen molar-refractivity contribution in [3.05, 3.63) is 35.4 Å². The van der Waals surface area contributed by atoms with Crippen molar-refractivity contribution in [2.45, 2.75) is 32.6 Å². The van der Waals surface area contributed by atoms with E-state index < -0.39 is 29.6 Å². The summed E-state index contributed by atoms with van der Waals surface area (Å²) in [7, 11) is 0. The molecule has 1 aliphatic carbocycles. The second kappa shape index (κ2) is 7.06. The number of carboxylic acid groups (broad SMARTS) is 1. The second-order valence-electron chi connectivity index (χ2n) is 5.65. The minimum absolute atomic E-state index is 0.417. The highest BCUT2D eigenvalue weighted by atomic mass is 16.4. The summed E-state index contributed by atoms with van der Waals surface area (Å²) >= 11 is 0. The van der Waals surface area contributed by atoms with Crippen LogP contribution in [0.2, 0.25) is 0 Å². The van der Waals surface area contributed by atoms with Crippen LogP contribution in [0, 0.1) is 18.8 Å². The first kappa shape index (κ1) is 16.0. The number of nitrogens with one attached hydrogen (secondary N) is 2. The van der Waals surface area contributed by atoms with Gasteiger partial charge in [-0.15, -0.1) is 0 Å². The number of carboxylic acids is 1. The summed E-state index contributed by atoms with van der Waals surface area (Å²) in [4.78, 5) is 35.3. The lowest BCUT2D eigenvalue weighted by molar-refractivity contribution is -0.149. The van der Waals surface area contributed by atoms with Gasteiger partial charge < -0.3 is 5.11 Å². The third-order valence-electron chi connectivity index (χ3n) is 4.00. The van der Waals surface area contributed by atoms with E-state index in [-0.39, 0.29) is 0 Å². The Hall–Kier alpha value is -2.37. The van der Waals surface area contributed by atoms with Crippen LogP contribution in [0.4, 0.5) is 0 Å². The SMILES string of the molecule is Cc1cccc(C(=O)NNC(=O)C2CCCCC2C(=O)O)c1. The van der Waals surface area contributed by atoms with E-state index in [0.717, 1.165) is 18.4 Å². The Morgan fingerprint density at radius 3 is 2.41 bits per heavy atom. The van der Waals surface area contributed by atoms with Gasteiger partial charge in [-0.25, -0.2) is 0 Å². The van der Waals surface area contributed by atoms with Gasteiger partial charge in [0.2, 0.25) is 5.91 Å². The molecular formula is C16H20N2O4. The summed E-state index contributed by atoms with van der Waals surface area (Å²) in [5.74, 6) is -3.08. The molecule has 2 amide bonds. The van der Waals surface area contributed by atoms with Gasteiger partial charge in [0.25, 0.3) is 5.91 Å². The number of hydrogen-bond donors (Lipinski definition) is 3. The minimum atomic E-state index is -0.954. The van der Waals surface area contributed by atoms with E-state index in [1.165, 1.54) is 0 Å². The lowest BCUT2D eigenvalue weighted by Gasteiger charge is -2.27. The molecule has 0 radical (unpaired) electrons. The molecule has 0 heterocycles. The molecule has 6 heteroatoms. The highest BCUT2D eigenvalue weighted by molar-refractivity contribution is 5.96. The molecule has 0 spiro atoms. The molecule has 2 unspecified atom stereocenters. The van der Waals surface area contributed by atoms with Crippen molar-refractivity contribution in [1.29, 1.82) is 0 Å². The van der Waals surface area contributed by atoms with Crippen LogP contribution in [-0.4, -0.2) is 22.9 Å². The maximum Gasteiger partial charge on any atom is 0.307 e. The van der Waals surface area contributed by atoms with E-state index in [0.29, 0.717) is 18.4 Å². The molecular weight excluding hydrogens is 284 g/mol. The average molecular weight is 304 g/mol. The smallest absolute Gasteiger partial charge is 0.307 e. The fourth-order valence-electron chi connectivity index (χ4n) is 2.81. The molecule has 0 saturated heterocycles. The molecule has 1 saturated carbocycles. The lowest BCUT2D eigenvalue weighted by Crippen LogP contribution is -2.47. The van der Waals surface area contributed by atoms with Gasteiger partial charge in [0.05, 0.1) is 11.8 Å². The van der Waals surface area contributed by atoms with E-state index in [1.807, 2.05) is 13.0 Å². The number of carbonyl (C=O) groups excluding carboxylic acids is 2. The van der Waals surface area contributed by atoms with Crippen molar-refractivity contribution in [1.82, 2.24) is 10.9 Å². The average Bonchev–Trinajstić information content (AvgIpc) is 2.52. The van der Waals surface area contributed by atoms with Crippen LogP contribution in [0.1, 0.15) is 41.6 Å². The summed E-state index contributed by atoms with van der Waals surface area (Å²) in [6, 6.07) is 6.99. The van der Waals surface area contributed by atoms with E-state index in [2.05, 4.69) is 10.9 Å². The molecule has 22 heavy (non-hydrogen) atoms. The number of hydrazine groups is 1. The molecule has 1 aliphatic rings. The maximum atomic E-state index is 12.1. The second-order valence-corrected chi connectivity index (χ2v) is 5.65. The van der Waals surface area contributed by atoms with Crippen LogP contribution < -0.4 is 10.9 Å². The van der Waals surface area contributed by atoms with Gasteiger partial charge in [-0.3, -0.25) is 25.2 Å². The monoisotopic (exact) mass is 304 g/mol. The van der Waals surface area contributed by atoms with E-state index in [9.17, 15) is 19.5 Å². The Morgan fingerprint density at radius 2 is 1.77 bits per heavy atom. The number of aliphatic carboxylic acids is 1. The molecule has 1 aromatic rings. The Labute approximate surface area is 128 Å². The molecule has 2 rings (SSSR count). The molecule has 0 aliphatic heterocycles. The van der Waals surface area contributed by atoms with Crippen molar-refractivity contribution in [3.63, 3.8) is 0 Å². The van der Waals surface area contributed by atoms with Crippen LogP contribution in [0.5, 0.6) is 0 Å². The van der Waals surface area contributed by atoms with E-state index in [4.69, 9.17) is 0 Å². The van der Waals surface area contributed by atoms with Crippen LogP contribution in [-0.2, 0) is 9.59 Å². The zero-order chi connectivity index (χ0) is 16.1. The summed E-state index contributed by atoms with van der Waals surface area (Å²) in [6.45, 7) is 1.87. The molecule has 6 nitrogen and oxygen atoms in total.